The van der Waals surface area contributed by atoms with Crippen LogP contribution in [0.1, 0.15) is 34.6 Å². The van der Waals surface area contributed by atoms with Gasteiger partial charge in [0.1, 0.15) is 0 Å². The summed E-state index contributed by atoms with van der Waals surface area (Å²) in [4.78, 5) is 29.9. The summed E-state index contributed by atoms with van der Waals surface area (Å²) < 4.78 is 29.1. The first-order chi connectivity index (χ1) is 14.9. The molecule has 0 fully saturated rings. The van der Waals surface area contributed by atoms with Crippen LogP contribution in [-0.4, -0.2) is 37.6 Å². The average Bonchev–Trinajstić information content (AvgIpc) is 2.80. The maximum absolute atomic E-state index is 12.9. The molecule has 0 unspecified atom stereocenters. The molecule has 3 rings (SSSR count). The average molecular weight is 439 g/mol. The van der Waals surface area contributed by atoms with E-state index in [-0.39, 0.29) is 34.1 Å². The summed E-state index contributed by atoms with van der Waals surface area (Å²) in [7, 11) is -3.37. The van der Waals surface area contributed by atoms with Gasteiger partial charge in [0.25, 0.3) is 5.91 Å². The number of anilines is 1. The molecule has 0 bridgehead atoms. The zero-order valence-electron chi connectivity index (χ0n) is 17.2. The molecule has 0 radical (unpaired) electrons. The fraction of sp³-hybridized carbons (Fsp3) is 0.174. The molecule has 0 aliphatic heterocycles. The lowest BCUT2D eigenvalue weighted by molar-refractivity contribution is 0.0527. The van der Waals surface area contributed by atoms with Gasteiger partial charge in [-0.15, -0.1) is 0 Å². The van der Waals surface area contributed by atoms with Crippen molar-refractivity contribution in [3.8, 4) is 11.3 Å². The molecule has 0 aliphatic carbocycles. The first-order valence-corrected chi connectivity index (χ1v) is 11.4. The Morgan fingerprint density at radius 3 is 2.26 bits per heavy atom. The van der Waals surface area contributed by atoms with Gasteiger partial charge in [0.15, 0.2) is 9.84 Å². The van der Waals surface area contributed by atoms with Crippen molar-refractivity contribution in [3.05, 3.63) is 78.0 Å². The predicted octanol–water partition coefficient (Wildman–Crippen LogP) is 3.97. The van der Waals surface area contributed by atoms with E-state index in [1.165, 1.54) is 36.5 Å². The molecular weight excluding hydrogens is 416 g/mol. The van der Waals surface area contributed by atoms with Crippen molar-refractivity contribution >= 4 is 27.4 Å². The lowest BCUT2D eigenvalue weighted by atomic mass is 10.1. The molecule has 31 heavy (non-hydrogen) atoms. The number of aromatic nitrogens is 1. The van der Waals surface area contributed by atoms with Crippen molar-refractivity contribution in [2.24, 2.45) is 0 Å². The largest absolute Gasteiger partial charge is 0.462 e. The third kappa shape index (κ3) is 4.97. The van der Waals surface area contributed by atoms with E-state index in [9.17, 15) is 18.0 Å². The Morgan fingerprint density at radius 1 is 0.968 bits per heavy atom. The van der Waals surface area contributed by atoms with Gasteiger partial charge < -0.3 is 10.1 Å². The zero-order valence-corrected chi connectivity index (χ0v) is 18.0. The molecule has 0 saturated carbocycles. The summed E-state index contributed by atoms with van der Waals surface area (Å²) in [5, 5.41) is 2.75. The van der Waals surface area contributed by atoms with Gasteiger partial charge in [-0.1, -0.05) is 37.3 Å². The summed E-state index contributed by atoms with van der Waals surface area (Å²) in [6.45, 7) is 3.43. The highest BCUT2D eigenvalue weighted by Gasteiger charge is 2.21. The molecule has 8 heteroatoms. The fourth-order valence-electron chi connectivity index (χ4n) is 2.95. The summed E-state index contributed by atoms with van der Waals surface area (Å²) >= 11 is 0. The van der Waals surface area contributed by atoms with Gasteiger partial charge in [-0.2, -0.15) is 0 Å². The van der Waals surface area contributed by atoms with Crippen molar-refractivity contribution in [2.45, 2.75) is 18.7 Å². The molecule has 0 aliphatic rings. The van der Waals surface area contributed by atoms with E-state index in [0.717, 1.165) is 0 Å². The number of benzene rings is 2. The minimum atomic E-state index is -3.37. The molecule has 3 aromatic rings. The smallest absolute Gasteiger partial charge is 0.340 e. The van der Waals surface area contributed by atoms with Crippen LogP contribution in [0.15, 0.2) is 71.8 Å². The number of ether oxygens (including phenoxy) is 1. The van der Waals surface area contributed by atoms with E-state index >= 15 is 0 Å². The quantitative estimate of drug-likeness (QED) is 0.560. The second-order valence-corrected chi connectivity index (χ2v) is 8.83. The monoisotopic (exact) mass is 438 g/mol. The number of carbonyl (C=O) groups excluding carboxylic acids is 2. The lowest BCUT2D eigenvalue weighted by Gasteiger charge is -2.15. The standard InChI is InChI=1S/C23H22N2O5S/c1-3-30-23(27)19-14-15-24-20(16-8-6-5-7-9-16)21(19)25-22(26)17-10-12-18(13-11-17)31(28,29)4-2/h5-15H,3-4H2,1-2H3,(H,25,26). The SMILES string of the molecule is CCOC(=O)c1ccnc(-c2ccccc2)c1NC(=O)c1ccc(S(=O)(=O)CC)cc1. The van der Waals surface area contributed by atoms with Crippen LogP contribution in [0.5, 0.6) is 0 Å². The maximum Gasteiger partial charge on any atom is 0.340 e. The molecule has 160 valence electrons. The summed E-state index contributed by atoms with van der Waals surface area (Å²) in [5.41, 5.74) is 1.78. The number of rotatable bonds is 7. The highest BCUT2D eigenvalue weighted by Crippen LogP contribution is 2.30. The number of esters is 1. The summed E-state index contributed by atoms with van der Waals surface area (Å²) in [6, 6.07) is 16.3. The molecule has 0 saturated heterocycles. The first-order valence-electron chi connectivity index (χ1n) is 9.73. The number of hydrogen-bond acceptors (Lipinski definition) is 6. The van der Waals surface area contributed by atoms with E-state index in [1.54, 1.807) is 13.8 Å². The maximum atomic E-state index is 12.9. The summed E-state index contributed by atoms with van der Waals surface area (Å²) in [6.07, 6.45) is 1.48. The number of carbonyl (C=O) groups is 2. The third-order valence-electron chi connectivity index (χ3n) is 4.59. The molecule has 1 N–H and O–H groups in total. The van der Waals surface area contributed by atoms with Crippen LogP contribution in [0.2, 0.25) is 0 Å². The minimum absolute atomic E-state index is 0.0302. The van der Waals surface area contributed by atoms with Crippen LogP contribution in [0.4, 0.5) is 5.69 Å². The van der Waals surface area contributed by atoms with E-state index < -0.39 is 21.7 Å². The van der Waals surface area contributed by atoms with E-state index in [1.807, 2.05) is 30.3 Å². The molecule has 1 amide bonds. The van der Waals surface area contributed by atoms with Crippen molar-refractivity contribution in [2.75, 3.05) is 17.7 Å². The summed E-state index contributed by atoms with van der Waals surface area (Å²) in [5.74, 6) is -1.12. The molecule has 1 aromatic heterocycles. The van der Waals surface area contributed by atoms with Gasteiger partial charge >= 0.3 is 5.97 Å². The lowest BCUT2D eigenvalue weighted by Crippen LogP contribution is -2.17. The number of sulfone groups is 1. The number of pyridine rings is 1. The van der Waals surface area contributed by atoms with Crippen LogP contribution in [0, 0.1) is 0 Å². The Hall–Kier alpha value is -3.52. The topological polar surface area (TPSA) is 102 Å². The van der Waals surface area contributed by atoms with Crippen LogP contribution in [-0.2, 0) is 14.6 Å². The predicted molar refractivity (Wildman–Crippen MR) is 118 cm³/mol. The Morgan fingerprint density at radius 2 is 1.65 bits per heavy atom. The second-order valence-electron chi connectivity index (χ2n) is 6.55. The van der Waals surface area contributed by atoms with Gasteiger partial charge in [-0.3, -0.25) is 9.78 Å². The fourth-order valence-corrected chi connectivity index (χ4v) is 3.83. The Bertz CT molecular complexity index is 1190. The second kappa shape index (κ2) is 9.53. The van der Waals surface area contributed by atoms with Gasteiger partial charge in [-0.05, 0) is 37.3 Å². The Kier molecular flexibility index (Phi) is 6.81. The number of nitrogens with one attached hydrogen (secondary N) is 1. The first kappa shape index (κ1) is 22.2. The van der Waals surface area contributed by atoms with Gasteiger partial charge in [-0.25, -0.2) is 13.2 Å². The highest BCUT2D eigenvalue weighted by molar-refractivity contribution is 7.91. The molecule has 1 heterocycles. The van der Waals surface area contributed by atoms with Crippen LogP contribution >= 0.6 is 0 Å². The van der Waals surface area contributed by atoms with Crippen LogP contribution < -0.4 is 5.32 Å². The molecule has 0 spiro atoms. The molecule has 7 nitrogen and oxygen atoms in total. The van der Waals surface area contributed by atoms with Gasteiger partial charge in [0.2, 0.25) is 0 Å². The van der Waals surface area contributed by atoms with E-state index in [0.29, 0.717) is 11.3 Å². The number of hydrogen-bond donors (Lipinski definition) is 1. The number of amides is 1. The third-order valence-corrected chi connectivity index (χ3v) is 6.34. The van der Waals surface area contributed by atoms with E-state index in [4.69, 9.17) is 4.74 Å². The molecule has 0 atom stereocenters. The Labute approximate surface area is 181 Å². The van der Waals surface area contributed by atoms with Crippen LogP contribution in [0.3, 0.4) is 0 Å². The minimum Gasteiger partial charge on any atom is -0.462 e. The van der Waals surface area contributed by atoms with Crippen molar-refractivity contribution in [3.63, 3.8) is 0 Å². The highest BCUT2D eigenvalue weighted by atomic mass is 32.2. The number of nitrogens with zero attached hydrogens (tertiary/aromatic N) is 1. The van der Waals surface area contributed by atoms with Crippen LogP contribution in [0.25, 0.3) is 11.3 Å². The normalized spacial score (nSPS) is 11.0. The Balaban J connectivity index is 2.01. The molecule has 2 aromatic carbocycles. The molecular formula is C23H22N2O5S. The van der Waals surface area contributed by atoms with Crippen molar-refractivity contribution in [1.29, 1.82) is 0 Å². The van der Waals surface area contributed by atoms with Crippen molar-refractivity contribution < 1.29 is 22.7 Å². The van der Waals surface area contributed by atoms with E-state index in [2.05, 4.69) is 10.3 Å². The van der Waals surface area contributed by atoms with Crippen molar-refractivity contribution in [1.82, 2.24) is 4.98 Å². The zero-order chi connectivity index (χ0) is 22.4. The van der Waals surface area contributed by atoms with Gasteiger partial charge in [0, 0.05) is 17.3 Å². The van der Waals surface area contributed by atoms with Gasteiger partial charge in [0.05, 0.1) is 34.2 Å².